The van der Waals surface area contributed by atoms with Crippen molar-refractivity contribution in [2.24, 2.45) is 5.92 Å². The summed E-state index contributed by atoms with van der Waals surface area (Å²) in [6, 6.07) is 1.74. The van der Waals surface area contributed by atoms with Crippen LogP contribution < -0.4 is 11.1 Å². The van der Waals surface area contributed by atoms with Gasteiger partial charge in [-0.3, -0.25) is 4.79 Å². The molecule has 0 saturated carbocycles. The number of carbonyl (C=O) groups is 1. The van der Waals surface area contributed by atoms with E-state index in [1.165, 1.54) is 11.3 Å². The van der Waals surface area contributed by atoms with E-state index in [2.05, 4.69) is 19.2 Å². The molecule has 0 unspecified atom stereocenters. The molecule has 0 bridgehead atoms. The largest absolute Gasteiger partial charge is 0.397 e. The second-order valence-corrected chi connectivity index (χ2v) is 4.23. The predicted octanol–water partition coefficient (Wildman–Crippen LogP) is 1.72. The Morgan fingerprint density at radius 1 is 1.69 bits per heavy atom. The molecule has 0 aliphatic carbocycles. The second-order valence-electron chi connectivity index (χ2n) is 3.31. The van der Waals surface area contributed by atoms with Gasteiger partial charge in [0.05, 0.1) is 5.69 Å². The van der Waals surface area contributed by atoms with Crippen molar-refractivity contribution < 1.29 is 4.79 Å². The third kappa shape index (κ3) is 2.73. The smallest absolute Gasteiger partial charge is 0.263 e. The van der Waals surface area contributed by atoms with Gasteiger partial charge < -0.3 is 11.1 Å². The van der Waals surface area contributed by atoms with Crippen LogP contribution in [0.15, 0.2) is 11.4 Å². The van der Waals surface area contributed by atoms with Crippen LogP contribution in [0.5, 0.6) is 0 Å². The van der Waals surface area contributed by atoms with E-state index in [-0.39, 0.29) is 5.91 Å². The van der Waals surface area contributed by atoms with E-state index in [0.29, 0.717) is 23.0 Å². The first kappa shape index (κ1) is 10.1. The van der Waals surface area contributed by atoms with E-state index in [0.717, 1.165) is 0 Å². The fourth-order valence-corrected chi connectivity index (χ4v) is 1.61. The number of anilines is 1. The maximum atomic E-state index is 11.5. The van der Waals surface area contributed by atoms with E-state index in [4.69, 9.17) is 5.73 Å². The molecule has 0 aliphatic rings. The normalized spacial score (nSPS) is 10.4. The zero-order valence-electron chi connectivity index (χ0n) is 7.83. The van der Waals surface area contributed by atoms with Crippen LogP contribution in [0.3, 0.4) is 0 Å². The van der Waals surface area contributed by atoms with Crippen molar-refractivity contribution in [2.75, 3.05) is 12.3 Å². The molecule has 0 saturated heterocycles. The van der Waals surface area contributed by atoms with Gasteiger partial charge in [0.25, 0.3) is 5.91 Å². The Morgan fingerprint density at radius 3 is 2.85 bits per heavy atom. The van der Waals surface area contributed by atoms with Gasteiger partial charge >= 0.3 is 0 Å². The highest BCUT2D eigenvalue weighted by molar-refractivity contribution is 7.12. The summed E-state index contributed by atoms with van der Waals surface area (Å²) >= 11 is 1.37. The third-order valence-corrected chi connectivity index (χ3v) is 2.50. The van der Waals surface area contributed by atoms with Crippen LogP contribution in [-0.2, 0) is 0 Å². The van der Waals surface area contributed by atoms with Crippen molar-refractivity contribution in [1.29, 1.82) is 0 Å². The van der Waals surface area contributed by atoms with Crippen LogP contribution in [0.2, 0.25) is 0 Å². The highest BCUT2D eigenvalue weighted by Crippen LogP contribution is 2.18. The van der Waals surface area contributed by atoms with Gasteiger partial charge in [0.15, 0.2) is 0 Å². The van der Waals surface area contributed by atoms with Crippen LogP contribution in [0, 0.1) is 5.92 Å². The minimum atomic E-state index is -0.0683. The lowest BCUT2D eigenvalue weighted by molar-refractivity contribution is 0.0954. The fraction of sp³-hybridized carbons (Fsp3) is 0.444. The average Bonchev–Trinajstić information content (AvgIpc) is 2.47. The van der Waals surface area contributed by atoms with Gasteiger partial charge in [-0.2, -0.15) is 0 Å². The first-order valence-corrected chi connectivity index (χ1v) is 5.10. The molecule has 1 aromatic heterocycles. The topological polar surface area (TPSA) is 55.1 Å². The van der Waals surface area contributed by atoms with E-state index in [1.54, 1.807) is 6.07 Å². The van der Waals surface area contributed by atoms with Crippen molar-refractivity contribution in [2.45, 2.75) is 13.8 Å². The van der Waals surface area contributed by atoms with E-state index in [9.17, 15) is 4.79 Å². The van der Waals surface area contributed by atoms with Crippen molar-refractivity contribution in [3.8, 4) is 0 Å². The molecule has 3 nitrogen and oxygen atoms in total. The number of nitrogen functional groups attached to an aromatic ring is 1. The Balaban J connectivity index is 2.54. The van der Waals surface area contributed by atoms with Gasteiger partial charge in [0, 0.05) is 6.54 Å². The lowest BCUT2D eigenvalue weighted by Gasteiger charge is -2.06. The van der Waals surface area contributed by atoms with Crippen molar-refractivity contribution in [3.05, 3.63) is 16.3 Å². The summed E-state index contributed by atoms with van der Waals surface area (Å²) in [4.78, 5) is 12.1. The van der Waals surface area contributed by atoms with Crippen molar-refractivity contribution in [1.82, 2.24) is 5.32 Å². The van der Waals surface area contributed by atoms with Crippen molar-refractivity contribution >= 4 is 22.9 Å². The number of thiophene rings is 1. The predicted molar refractivity (Wildman–Crippen MR) is 55.9 cm³/mol. The van der Waals surface area contributed by atoms with Crippen LogP contribution in [0.1, 0.15) is 23.5 Å². The summed E-state index contributed by atoms with van der Waals surface area (Å²) in [7, 11) is 0. The van der Waals surface area contributed by atoms with Crippen molar-refractivity contribution in [3.63, 3.8) is 0 Å². The summed E-state index contributed by atoms with van der Waals surface area (Å²) < 4.78 is 0. The first-order chi connectivity index (χ1) is 6.11. The molecular formula is C9H14N2OS. The van der Waals surface area contributed by atoms with Crippen LogP contribution in [0.4, 0.5) is 5.69 Å². The molecule has 0 radical (unpaired) electrons. The molecule has 1 rings (SSSR count). The molecule has 4 heteroatoms. The van der Waals surface area contributed by atoms with E-state index < -0.39 is 0 Å². The molecule has 0 aromatic carbocycles. The minimum absolute atomic E-state index is 0.0683. The first-order valence-electron chi connectivity index (χ1n) is 4.22. The SMILES string of the molecule is CC(C)CNC(=O)c1sccc1N. The number of carbonyl (C=O) groups excluding carboxylic acids is 1. The molecular weight excluding hydrogens is 184 g/mol. The molecule has 0 atom stereocenters. The lowest BCUT2D eigenvalue weighted by Crippen LogP contribution is -2.27. The van der Waals surface area contributed by atoms with Gasteiger partial charge in [-0.25, -0.2) is 0 Å². The van der Waals surface area contributed by atoms with Crippen LogP contribution >= 0.6 is 11.3 Å². The van der Waals surface area contributed by atoms with Gasteiger partial charge in [-0.15, -0.1) is 11.3 Å². The number of amides is 1. The monoisotopic (exact) mass is 198 g/mol. The number of rotatable bonds is 3. The highest BCUT2D eigenvalue weighted by Gasteiger charge is 2.10. The maximum Gasteiger partial charge on any atom is 0.263 e. The third-order valence-electron chi connectivity index (χ3n) is 1.57. The number of nitrogens with one attached hydrogen (secondary N) is 1. The summed E-state index contributed by atoms with van der Waals surface area (Å²) in [6.07, 6.45) is 0. The average molecular weight is 198 g/mol. The molecule has 1 heterocycles. The van der Waals surface area contributed by atoms with Crippen LogP contribution in [0.25, 0.3) is 0 Å². The molecule has 3 N–H and O–H groups in total. The molecule has 0 aliphatic heterocycles. The molecule has 13 heavy (non-hydrogen) atoms. The van der Waals surface area contributed by atoms with E-state index in [1.807, 2.05) is 5.38 Å². The highest BCUT2D eigenvalue weighted by atomic mass is 32.1. The maximum absolute atomic E-state index is 11.5. The van der Waals surface area contributed by atoms with Gasteiger partial charge in [0.2, 0.25) is 0 Å². The Morgan fingerprint density at radius 2 is 2.38 bits per heavy atom. The Bertz CT molecular complexity index is 294. The van der Waals surface area contributed by atoms with E-state index >= 15 is 0 Å². The molecule has 1 aromatic rings. The number of hydrogen-bond acceptors (Lipinski definition) is 3. The quantitative estimate of drug-likeness (QED) is 0.777. The minimum Gasteiger partial charge on any atom is -0.397 e. The fourth-order valence-electron chi connectivity index (χ4n) is 0.881. The summed E-state index contributed by atoms with van der Waals surface area (Å²) in [6.45, 7) is 4.80. The van der Waals surface area contributed by atoms with Gasteiger partial charge in [-0.05, 0) is 17.4 Å². The zero-order valence-corrected chi connectivity index (χ0v) is 8.65. The van der Waals surface area contributed by atoms with Gasteiger partial charge in [-0.1, -0.05) is 13.8 Å². The molecule has 0 fully saturated rings. The van der Waals surface area contributed by atoms with Crippen LogP contribution in [-0.4, -0.2) is 12.5 Å². The Kier molecular flexibility index (Phi) is 3.31. The lowest BCUT2D eigenvalue weighted by atomic mass is 10.2. The Labute approximate surface area is 81.9 Å². The standard InChI is InChI=1S/C9H14N2OS/c1-6(2)5-11-9(12)8-7(10)3-4-13-8/h3-4,6H,5,10H2,1-2H3,(H,11,12). The Hall–Kier alpha value is -1.03. The molecule has 72 valence electrons. The second kappa shape index (κ2) is 4.28. The van der Waals surface area contributed by atoms with Gasteiger partial charge in [0.1, 0.15) is 4.88 Å². The molecule has 1 amide bonds. The number of hydrogen-bond donors (Lipinski definition) is 2. The molecule has 0 spiro atoms. The zero-order chi connectivity index (χ0) is 9.84. The number of nitrogens with two attached hydrogens (primary N) is 1. The summed E-state index contributed by atoms with van der Waals surface area (Å²) in [5.41, 5.74) is 6.16. The summed E-state index contributed by atoms with van der Waals surface area (Å²) in [5.74, 6) is 0.395. The summed E-state index contributed by atoms with van der Waals surface area (Å²) in [5, 5.41) is 4.64.